The third-order valence-electron chi connectivity index (χ3n) is 3.76. The Labute approximate surface area is 135 Å². The topological polar surface area (TPSA) is 109 Å². The summed E-state index contributed by atoms with van der Waals surface area (Å²) in [6.45, 7) is 1.58. The molecule has 1 aromatic rings. The van der Waals surface area contributed by atoms with Crippen LogP contribution in [0.2, 0.25) is 0 Å². The molecule has 0 saturated carbocycles. The summed E-state index contributed by atoms with van der Waals surface area (Å²) < 4.78 is 28.2. The lowest BCUT2D eigenvalue weighted by molar-refractivity contribution is 0.169. The molecule has 2 heterocycles. The standard InChI is InChI=1S/C14H21N3O5S/c1-10-12(3-4-13(15-10)22-2)16-14(19)17(6-7-18)11-5-8-23(20,21)9-11/h3-4,11,18H,5-9H2,1-2H3,(H,16,19). The number of aryl methyl sites for hydroxylation is 1. The molecule has 1 aliphatic rings. The van der Waals surface area contributed by atoms with Crippen molar-refractivity contribution < 1.29 is 23.1 Å². The number of sulfone groups is 1. The Morgan fingerprint density at radius 3 is 2.78 bits per heavy atom. The van der Waals surface area contributed by atoms with Gasteiger partial charge in [0.15, 0.2) is 9.84 Å². The summed E-state index contributed by atoms with van der Waals surface area (Å²) >= 11 is 0. The normalized spacial score (nSPS) is 19.3. The van der Waals surface area contributed by atoms with E-state index in [1.165, 1.54) is 12.0 Å². The second kappa shape index (κ2) is 7.14. The lowest BCUT2D eigenvalue weighted by Gasteiger charge is -2.27. The number of urea groups is 1. The fourth-order valence-electron chi connectivity index (χ4n) is 2.55. The Bertz CT molecular complexity index is 677. The fourth-order valence-corrected chi connectivity index (χ4v) is 4.28. The average molecular weight is 343 g/mol. The number of amides is 2. The summed E-state index contributed by atoms with van der Waals surface area (Å²) in [5.41, 5.74) is 1.10. The highest BCUT2D eigenvalue weighted by atomic mass is 32.2. The van der Waals surface area contributed by atoms with E-state index in [9.17, 15) is 13.2 Å². The highest BCUT2D eigenvalue weighted by Gasteiger charge is 2.34. The molecule has 1 aromatic heterocycles. The SMILES string of the molecule is COc1ccc(NC(=O)N(CCO)C2CCS(=O)(=O)C2)c(C)n1. The second-order valence-corrected chi connectivity index (χ2v) is 7.62. The van der Waals surface area contributed by atoms with Crippen molar-refractivity contribution in [1.82, 2.24) is 9.88 Å². The minimum atomic E-state index is -3.11. The van der Waals surface area contributed by atoms with Crippen LogP contribution in [0.15, 0.2) is 12.1 Å². The molecular formula is C14H21N3O5S. The maximum Gasteiger partial charge on any atom is 0.322 e. The number of rotatable bonds is 5. The van der Waals surface area contributed by atoms with E-state index in [0.29, 0.717) is 23.7 Å². The highest BCUT2D eigenvalue weighted by Crippen LogP contribution is 2.21. The van der Waals surface area contributed by atoms with Crippen LogP contribution in [0.1, 0.15) is 12.1 Å². The average Bonchev–Trinajstić information content (AvgIpc) is 2.86. The Morgan fingerprint density at radius 2 is 2.26 bits per heavy atom. The maximum atomic E-state index is 12.5. The number of ether oxygens (including phenoxy) is 1. The first-order valence-electron chi connectivity index (χ1n) is 7.27. The summed E-state index contributed by atoms with van der Waals surface area (Å²) in [6, 6.07) is 2.43. The number of hydrogen-bond acceptors (Lipinski definition) is 6. The molecule has 0 spiro atoms. The Morgan fingerprint density at radius 1 is 1.52 bits per heavy atom. The van der Waals surface area contributed by atoms with Crippen LogP contribution < -0.4 is 10.1 Å². The number of methoxy groups -OCH3 is 1. The first-order chi connectivity index (χ1) is 10.9. The van der Waals surface area contributed by atoms with E-state index in [0.717, 1.165) is 0 Å². The molecule has 0 aromatic carbocycles. The van der Waals surface area contributed by atoms with Crippen LogP contribution in [0.3, 0.4) is 0 Å². The van der Waals surface area contributed by atoms with E-state index in [1.54, 1.807) is 19.1 Å². The molecule has 23 heavy (non-hydrogen) atoms. The molecule has 2 N–H and O–H groups in total. The molecule has 2 amide bonds. The Kier molecular flexibility index (Phi) is 5.42. The molecular weight excluding hydrogens is 322 g/mol. The van der Waals surface area contributed by atoms with Crippen LogP contribution in [0.4, 0.5) is 10.5 Å². The van der Waals surface area contributed by atoms with Gasteiger partial charge >= 0.3 is 6.03 Å². The number of anilines is 1. The van der Waals surface area contributed by atoms with E-state index >= 15 is 0 Å². The maximum absolute atomic E-state index is 12.5. The number of aliphatic hydroxyl groups excluding tert-OH is 1. The van der Waals surface area contributed by atoms with Crippen molar-refractivity contribution in [2.24, 2.45) is 0 Å². The Hall–Kier alpha value is -1.87. The van der Waals surface area contributed by atoms with Crippen LogP contribution in [-0.2, 0) is 9.84 Å². The van der Waals surface area contributed by atoms with Crippen LogP contribution >= 0.6 is 0 Å². The number of nitrogens with one attached hydrogen (secondary N) is 1. The lowest BCUT2D eigenvalue weighted by Crippen LogP contribution is -2.45. The molecule has 1 aliphatic heterocycles. The molecule has 1 fully saturated rings. The first-order valence-corrected chi connectivity index (χ1v) is 9.09. The first kappa shape index (κ1) is 17.5. The van der Waals surface area contributed by atoms with Crippen molar-refractivity contribution in [1.29, 1.82) is 0 Å². The summed E-state index contributed by atoms with van der Waals surface area (Å²) in [5.74, 6) is 0.436. The van der Waals surface area contributed by atoms with Gasteiger partial charge in [0, 0.05) is 18.7 Å². The zero-order valence-electron chi connectivity index (χ0n) is 13.2. The van der Waals surface area contributed by atoms with Gasteiger partial charge in [-0.1, -0.05) is 0 Å². The van der Waals surface area contributed by atoms with E-state index in [1.807, 2.05) is 0 Å². The monoisotopic (exact) mass is 343 g/mol. The van der Waals surface area contributed by atoms with E-state index < -0.39 is 21.9 Å². The fraction of sp³-hybridized carbons (Fsp3) is 0.571. The predicted molar refractivity (Wildman–Crippen MR) is 85.4 cm³/mol. The largest absolute Gasteiger partial charge is 0.481 e. The second-order valence-electron chi connectivity index (χ2n) is 5.39. The van der Waals surface area contributed by atoms with Gasteiger partial charge in [-0.2, -0.15) is 0 Å². The molecule has 1 atom stereocenters. The molecule has 128 valence electrons. The third kappa shape index (κ3) is 4.32. The van der Waals surface area contributed by atoms with Crippen molar-refractivity contribution in [3.63, 3.8) is 0 Å². The molecule has 1 saturated heterocycles. The quantitative estimate of drug-likeness (QED) is 0.802. The molecule has 0 radical (unpaired) electrons. The summed E-state index contributed by atoms with van der Waals surface area (Å²) in [4.78, 5) is 18.0. The molecule has 9 heteroatoms. The van der Waals surface area contributed by atoms with Crippen LogP contribution in [0.25, 0.3) is 0 Å². The minimum absolute atomic E-state index is 0.0655. The minimum Gasteiger partial charge on any atom is -0.481 e. The summed E-state index contributed by atoms with van der Waals surface area (Å²) in [5, 5.41) is 11.9. The molecule has 2 rings (SSSR count). The van der Waals surface area contributed by atoms with Crippen molar-refractivity contribution in [3.8, 4) is 5.88 Å². The van der Waals surface area contributed by atoms with Gasteiger partial charge in [-0.15, -0.1) is 0 Å². The number of pyridine rings is 1. The third-order valence-corrected chi connectivity index (χ3v) is 5.51. The number of nitrogens with zero attached hydrogens (tertiary/aromatic N) is 2. The molecule has 0 aliphatic carbocycles. The van der Waals surface area contributed by atoms with Gasteiger partial charge < -0.3 is 20.1 Å². The molecule has 8 nitrogen and oxygen atoms in total. The van der Waals surface area contributed by atoms with Gasteiger partial charge in [-0.25, -0.2) is 18.2 Å². The van der Waals surface area contributed by atoms with Crippen molar-refractivity contribution >= 4 is 21.6 Å². The zero-order chi connectivity index (χ0) is 17.0. The van der Waals surface area contributed by atoms with Gasteiger partial charge in [0.25, 0.3) is 0 Å². The van der Waals surface area contributed by atoms with Crippen LogP contribution in [0.5, 0.6) is 5.88 Å². The Balaban J connectivity index is 2.12. The molecule has 0 bridgehead atoms. The number of hydrogen-bond donors (Lipinski definition) is 2. The van der Waals surface area contributed by atoms with Crippen LogP contribution in [0, 0.1) is 6.92 Å². The number of aromatic nitrogens is 1. The van der Waals surface area contributed by atoms with Gasteiger partial charge in [0.2, 0.25) is 5.88 Å². The zero-order valence-corrected chi connectivity index (χ0v) is 14.0. The van der Waals surface area contributed by atoms with Gasteiger partial charge in [0.1, 0.15) is 0 Å². The van der Waals surface area contributed by atoms with Crippen molar-refractivity contribution in [3.05, 3.63) is 17.8 Å². The molecule has 1 unspecified atom stereocenters. The van der Waals surface area contributed by atoms with Gasteiger partial charge in [0.05, 0.1) is 36.6 Å². The van der Waals surface area contributed by atoms with Gasteiger partial charge in [-0.3, -0.25) is 0 Å². The summed E-state index contributed by atoms with van der Waals surface area (Å²) in [6.07, 6.45) is 0.385. The number of carbonyl (C=O) groups excluding carboxylic acids is 1. The van der Waals surface area contributed by atoms with Gasteiger partial charge in [-0.05, 0) is 19.4 Å². The van der Waals surface area contributed by atoms with E-state index in [-0.39, 0.29) is 24.7 Å². The number of carbonyl (C=O) groups is 1. The predicted octanol–water partition coefficient (Wildman–Crippen LogP) is 0.412. The van der Waals surface area contributed by atoms with Crippen LogP contribution in [-0.4, -0.2) is 67.2 Å². The smallest absolute Gasteiger partial charge is 0.322 e. The van der Waals surface area contributed by atoms with E-state index in [4.69, 9.17) is 9.84 Å². The van der Waals surface area contributed by atoms with Crippen molar-refractivity contribution in [2.75, 3.05) is 37.1 Å². The summed E-state index contributed by atoms with van der Waals surface area (Å²) in [7, 11) is -1.61. The number of aliphatic hydroxyl groups is 1. The highest BCUT2D eigenvalue weighted by molar-refractivity contribution is 7.91. The van der Waals surface area contributed by atoms with E-state index in [2.05, 4.69) is 10.3 Å². The lowest BCUT2D eigenvalue weighted by atomic mass is 10.2. The van der Waals surface area contributed by atoms with Crippen molar-refractivity contribution in [2.45, 2.75) is 19.4 Å².